The third kappa shape index (κ3) is 4.40. The van der Waals surface area contributed by atoms with Gasteiger partial charge in [0.1, 0.15) is 11.6 Å². The molecule has 3 aliphatic heterocycles. The van der Waals surface area contributed by atoms with Gasteiger partial charge in [-0.3, -0.25) is 14.4 Å². The summed E-state index contributed by atoms with van der Waals surface area (Å²) < 4.78 is 11.9. The van der Waals surface area contributed by atoms with Crippen LogP contribution in [0.15, 0.2) is 67.3 Å². The molecule has 0 saturated carbocycles. The average Bonchev–Trinajstić information content (AvgIpc) is 3.52. The van der Waals surface area contributed by atoms with E-state index in [2.05, 4.69) is 22.5 Å². The third-order valence-electron chi connectivity index (χ3n) is 7.93. The predicted octanol–water partition coefficient (Wildman–Crippen LogP) is 3.90. The predicted molar refractivity (Wildman–Crippen MR) is 149 cm³/mol. The molecule has 0 aliphatic carbocycles. The molecule has 0 aromatic heterocycles. The summed E-state index contributed by atoms with van der Waals surface area (Å²) in [6, 6.07) is 14.0. The number of esters is 1. The fourth-order valence-electron chi connectivity index (χ4n) is 6.47. The summed E-state index contributed by atoms with van der Waals surface area (Å²) in [6.45, 7) is 5.37. The fraction of sp³-hybridized carbons (Fsp3) is 0.414. The number of rotatable bonds is 9. The zero-order valence-electron chi connectivity index (χ0n) is 21.4. The topological polar surface area (TPSA) is 96.4 Å². The van der Waals surface area contributed by atoms with Crippen molar-refractivity contribution in [2.75, 3.05) is 24.7 Å². The Hall–Kier alpha value is -2.72. The highest BCUT2D eigenvalue weighted by molar-refractivity contribution is 9.09. The zero-order valence-corrected chi connectivity index (χ0v) is 23.8. The van der Waals surface area contributed by atoms with Crippen LogP contribution >= 0.6 is 27.5 Å². The minimum atomic E-state index is -1.31. The number of aliphatic hydroxyl groups excluding tert-OH is 1. The lowest BCUT2D eigenvalue weighted by atomic mass is 9.70. The SMILES string of the molecule is C=CCN(C(=O)C1N([C@H](CO)c2ccccc2)C(=O)[C@@H]2[C@H](C(=O)OCC)[C@H]3OC12CC3Br)c1ccccc1Cl. The summed E-state index contributed by atoms with van der Waals surface area (Å²) in [4.78, 5) is 44.8. The van der Waals surface area contributed by atoms with Gasteiger partial charge in [0.05, 0.1) is 47.9 Å². The average molecular weight is 618 g/mol. The van der Waals surface area contributed by atoms with Gasteiger partial charge >= 0.3 is 5.97 Å². The summed E-state index contributed by atoms with van der Waals surface area (Å²) in [5, 5.41) is 11.0. The van der Waals surface area contributed by atoms with Crippen LogP contribution in [0.3, 0.4) is 0 Å². The Morgan fingerprint density at radius 3 is 2.62 bits per heavy atom. The minimum absolute atomic E-state index is 0.124. The van der Waals surface area contributed by atoms with E-state index in [1.807, 2.05) is 6.07 Å². The molecule has 3 fully saturated rings. The van der Waals surface area contributed by atoms with Crippen LogP contribution in [0.25, 0.3) is 0 Å². The van der Waals surface area contributed by atoms with Gasteiger partial charge in [0.25, 0.3) is 5.91 Å². The molecular weight excluding hydrogens is 588 g/mol. The number of amides is 2. The van der Waals surface area contributed by atoms with Crippen molar-refractivity contribution in [3.63, 3.8) is 0 Å². The lowest BCUT2D eigenvalue weighted by molar-refractivity contribution is -0.155. The molecule has 1 spiro atoms. The van der Waals surface area contributed by atoms with E-state index in [9.17, 15) is 19.5 Å². The molecule has 2 aromatic rings. The number of carbonyl (C=O) groups is 3. The van der Waals surface area contributed by atoms with Gasteiger partial charge in [0.15, 0.2) is 0 Å². The quantitative estimate of drug-likeness (QED) is 0.261. The molecule has 10 heteroatoms. The number of aliphatic hydroxyl groups is 1. The highest BCUT2D eigenvalue weighted by Crippen LogP contribution is 2.61. The van der Waals surface area contributed by atoms with Crippen LogP contribution in [0, 0.1) is 11.8 Å². The second-order valence-corrected chi connectivity index (χ2v) is 11.5. The second-order valence-electron chi connectivity index (χ2n) is 9.96. The smallest absolute Gasteiger partial charge is 0.312 e. The molecule has 39 heavy (non-hydrogen) atoms. The second kappa shape index (κ2) is 11.0. The van der Waals surface area contributed by atoms with Crippen LogP contribution in [0.4, 0.5) is 5.69 Å². The van der Waals surface area contributed by atoms with E-state index >= 15 is 0 Å². The Bertz CT molecular complexity index is 1280. The number of halogens is 2. The van der Waals surface area contributed by atoms with Gasteiger partial charge in [-0.25, -0.2) is 0 Å². The molecule has 2 aromatic carbocycles. The largest absolute Gasteiger partial charge is 0.466 e. The molecule has 206 valence electrons. The highest BCUT2D eigenvalue weighted by Gasteiger charge is 2.77. The first-order valence-corrected chi connectivity index (χ1v) is 14.2. The molecule has 3 aliphatic rings. The number of carbonyl (C=O) groups excluding carboxylic acids is 3. The van der Waals surface area contributed by atoms with Crippen LogP contribution in [0.2, 0.25) is 5.02 Å². The van der Waals surface area contributed by atoms with Crippen molar-refractivity contribution in [1.29, 1.82) is 0 Å². The van der Waals surface area contributed by atoms with Gasteiger partial charge in [-0.15, -0.1) is 6.58 Å². The molecule has 3 heterocycles. The van der Waals surface area contributed by atoms with E-state index in [1.54, 1.807) is 61.5 Å². The maximum absolute atomic E-state index is 14.7. The first-order chi connectivity index (χ1) is 18.8. The molecule has 1 N–H and O–H groups in total. The zero-order chi connectivity index (χ0) is 27.9. The number of anilines is 1. The molecule has 0 radical (unpaired) electrons. The van der Waals surface area contributed by atoms with Crippen LogP contribution in [-0.2, 0) is 23.9 Å². The molecule has 8 nitrogen and oxygen atoms in total. The Balaban J connectivity index is 1.68. The summed E-state index contributed by atoms with van der Waals surface area (Å²) >= 11 is 10.2. The van der Waals surface area contributed by atoms with Gasteiger partial charge < -0.3 is 24.4 Å². The van der Waals surface area contributed by atoms with E-state index in [0.29, 0.717) is 22.7 Å². The van der Waals surface area contributed by atoms with Crippen LogP contribution < -0.4 is 4.90 Å². The first kappa shape index (κ1) is 27.8. The van der Waals surface area contributed by atoms with E-state index < -0.39 is 60.0 Å². The highest BCUT2D eigenvalue weighted by atomic mass is 79.9. The van der Waals surface area contributed by atoms with Gasteiger partial charge in [-0.2, -0.15) is 0 Å². The standard InChI is InChI=1S/C29H30BrClN2O6/c1-3-14-32(20-13-9-8-12-19(20)31)27(36)25-29-15-18(30)24(39-29)22(28(37)38-4-2)23(29)26(35)33(25)21(16-34)17-10-6-5-7-11-17/h3,5-13,18,21-25,34H,1,4,14-16H2,2H3/t18?,21-,22+,23+,24+,25?,29?/m1/s1. The fourth-order valence-corrected chi connectivity index (χ4v) is 7.65. The Kier molecular flexibility index (Phi) is 7.88. The van der Waals surface area contributed by atoms with E-state index in [4.69, 9.17) is 21.1 Å². The Morgan fingerprint density at radius 1 is 1.28 bits per heavy atom. The number of alkyl halides is 1. The van der Waals surface area contributed by atoms with Crippen molar-refractivity contribution in [1.82, 2.24) is 4.90 Å². The Morgan fingerprint density at radius 2 is 1.97 bits per heavy atom. The maximum Gasteiger partial charge on any atom is 0.312 e. The molecule has 3 saturated heterocycles. The van der Waals surface area contributed by atoms with Gasteiger partial charge in [0, 0.05) is 11.4 Å². The van der Waals surface area contributed by atoms with Gasteiger partial charge in [-0.1, -0.05) is 76.1 Å². The lowest BCUT2D eigenvalue weighted by Crippen LogP contribution is -2.57. The first-order valence-electron chi connectivity index (χ1n) is 12.9. The molecular formula is C29H30BrClN2O6. The van der Waals surface area contributed by atoms with Crippen molar-refractivity contribution in [3.8, 4) is 0 Å². The van der Waals surface area contributed by atoms with E-state index in [1.165, 1.54) is 9.80 Å². The maximum atomic E-state index is 14.7. The number of likely N-dealkylation sites (tertiary alicyclic amines) is 1. The van der Waals surface area contributed by atoms with Crippen molar-refractivity contribution in [3.05, 3.63) is 77.8 Å². The van der Waals surface area contributed by atoms with Crippen LogP contribution in [-0.4, -0.2) is 70.1 Å². The van der Waals surface area contributed by atoms with E-state index in [0.717, 1.165) is 0 Å². The van der Waals surface area contributed by atoms with Gasteiger partial charge in [0.2, 0.25) is 5.91 Å². The number of fused-ring (bicyclic) bond motifs is 1. The van der Waals surface area contributed by atoms with Crippen LogP contribution in [0.5, 0.6) is 0 Å². The summed E-state index contributed by atoms with van der Waals surface area (Å²) in [6.07, 6.45) is 1.28. The van der Waals surface area contributed by atoms with Crippen LogP contribution in [0.1, 0.15) is 24.9 Å². The molecule has 2 bridgehead atoms. The molecule has 7 atom stereocenters. The van der Waals surface area contributed by atoms with Crippen molar-refractivity contribution in [2.24, 2.45) is 11.8 Å². The van der Waals surface area contributed by atoms with Gasteiger partial charge in [-0.05, 0) is 31.0 Å². The number of nitrogens with zero attached hydrogens (tertiary/aromatic N) is 2. The number of hydrogen-bond acceptors (Lipinski definition) is 6. The Labute approximate surface area is 240 Å². The number of ether oxygens (including phenoxy) is 2. The number of benzene rings is 2. The number of para-hydroxylation sites is 1. The summed E-state index contributed by atoms with van der Waals surface area (Å²) in [5.41, 5.74) is -0.192. The molecule has 2 amide bonds. The number of hydrogen-bond donors (Lipinski definition) is 1. The monoisotopic (exact) mass is 616 g/mol. The summed E-state index contributed by atoms with van der Waals surface area (Å²) in [7, 11) is 0. The lowest BCUT2D eigenvalue weighted by Gasteiger charge is -2.39. The van der Waals surface area contributed by atoms with Crippen molar-refractivity contribution < 1.29 is 29.0 Å². The molecule has 5 rings (SSSR count). The van der Waals surface area contributed by atoms with Crippen molar-refractivity contribution in [2.45, 2.75) is 42.0 Å². The molecule has 3 unspecified atom stereocenters. The third-order valence-corrected chi connectivity index (χ3v) is 9.10. The van der Waals surface area contributed by atoms with E-state index in [-0.39, 0.29) is 18.0 Å². The minimum Gasteiger partial charge on any atom is -0.466 e. The van der Waals surface area contributed by atoms with Crippen molar-refractivity contribution >= 4 is 51.0 Å². The summed E-state index contributed by atoms with van der Waals surface area (Å²) in [5.74, 6) is -3.22. The normalized spacial score (nSPS) is 29.7.